The fraction of sp³-hybridized carbons (Fsp3) is 0.538. The first-order chi connectivity index (χ1) is 9.26. The highest BCUT2D eigenvalue weighted by Crippen LogP contribution is 2.32. The van der Waals surface area contributed by atoms with Crippen LogP contribution in [0.15, 0.2) is 23.1 Å². The number of hydrogen-bond acceptors (Lipinski definition) is 4. The Labute approximate surface area is 118 Å². The molecule has 1 aliphatic carbocycles. The molecule has 20 heavy (non-hydrogen) atoms. The Kier molecular flexibility index (Phi) is 4.04. The van der Waals surface area contributed by atoms with E-state index in [2.05, 4.69) is 0 Å². The average molecular weight is 302 g/mol. The summed E-state index contributed by atoms with van der Waals surface area (Å²) in [7, 11) is -2.72. The van der Waals surface area contributed by atoms with Crippen molar-refractivity contribution in [2.75, 3.05) is 19.3 Å². The van der Waals surface area contributed by atoms with E-state index in [1.54, 1.807) is 0 Å². The van der Waals surface area contributed by atoms with E-state index in [1.165, 1.54) is 19.2 Å². The molecule has 1 fully saturated rings. The molecule has 112 valence electrons. The van der Waals surface area contributed by atoms with Crippen molar-refractivity contribution in [2.24, 2.45) is 0 Å². The summed E-state index contributed by atoms with van der Waals surface area (Å²) in [5.74, 6) is -0.879. The van der Waals surface area contributed by atoms with Crippen molar-refractivity contribution in [3.8, 4) is 0 Å². The Hall–Kier alpha value is -1.18. The van der Waals surface area contributed by atoms with Crippen molar-refractivity contribution in [1.82, 2.24) is 4.31 Å². The van der Waals surface area contributed by atoms with Gasteiger partial charge in [-0.15, -0.1) is 0 Å². The zero-order valence-corrected chi connectivity index (χ0v) is 12.2. The Morgan fingerprint density at radius 2 is 2.00 bits per heavy atom. The lowest BCUT2D eigenvalue weighted by Crippen LogP contribution is -2.42. The average Bonchev–Trinajstić information content (AvgIpc) is 2.75. The lowest BCUT2D eigenvalue weighted by atomic mass is 10.0. The van der Waals surface area contributed by atoms with Crippen LogP contribution < -0.4 is 5.73 Å². The van der Waals surface area contributed by atoms with Gasteiger partial charge in [-0.2, -0.15) is 4.31 Å². The molecule has 3 N–H and O–H groups in total. The lowest BCUT2D eigenvalue weighted by molar-refractivity contribution is 0.0333. The second-order valence-electron chi connectivity index (χ2n) is 5.35. The Morgan fingerprint density at radius 3 is 2.55 bits per heavy atom. The number of anilines is 1. The van der Waals surface area contributed by atoms with Crippen molar-refractivity contribution in [3.05, 3.63) is 24.0 Å². The number of hydrogen-bond donors (Lipinski definition) is 2. The summed E-state index contributed by atoms with van der Waals surface area (Å²) in [5.41, 5.74) is 4.42. The summed E-state index contributed by atoms with van der Waals surface area (Å²) >= 11 is 0. The molecule has 2 rings (SSSR count). The predicted molar refractivity (Wildman–Crippen MR) is 74.0 cm³/mol. The number of aliphatic hydroxyl groups is 1. The van der Waals surface area contributed by atoms with Crippen LogP contribution in [0.4, 0.5) is 10.1 Å². The molecule has 1 saturated carbocycles. The molecule has 0 heterocycles. The number of rotatable bonds is 4. The standard InChI is InChI=1S/C13H19FN2O3S/c1-16(9-13(17)7-2-3-8-13)20(18,19)12-10(14)5-4-6-11(12)15/h4-6,17H,2-3,7-9,15H2,1H3. The molecule has 5 nitrogen and oxygen atoms in total. The summed E-state index contributed by atoms with van der Waals surface area (Å²) < 4.78 is 39.5. The smallest absolute Gasteiger partial charge is 0.247 e. The maximum atomic E-state index is 13.8. The summed E-state index contributed by atoms with van der Waals surface area (Å²) in [6.45, 7) is -0.0525. The van der Waals surface area contributed by atoms with E-state index in [4.69, 9.17) is 5.73 Å². The number of nitrogens with two attached hydrogens (primary N) is 1. The minimum Gasteiger partial charge on any atom is -0.398 e. The molecule has 1 aliphatic rings. The van der Waals surface area contributed by atoms with Gasteiger partial charge < -0.3 is 10.8 Å². The molecule has 0 amide bonds. The van der Waals surface area contributed by atoms with Crippen molar-refractivity contribution in [1.29, 1.82) is 0 Å². The van der Waals surface area contributed by atoms with Crippen molar-refractivity contribution in [3.63, 3.8) is 0 Å². The first-order valence-corrected chi connectivity index (χ1v) is 7.93. The third-order valence-corrected chi connectivity index (χ3v) is 5.61. The van der Waals surface area contributed by atoms with Gasteiger partial charge in [0.2, 0.25) is 10.0 Å². The minimum atomic E-state index is -4.05. The molecule has 0 aromatic heterocycles. The van der Waals surface area contributed by atoms with Crippen molar-refractivity contribution in [2.45, 2.75) is 36.2 Å². The third kappa shape index (κ3) is 2.79. The predicted octanol–water partition coefficient (Wildman–Crippen LogP) is 1.33. The van der Waals surface area contributed by atoms with Gasteiger partial charge in [0.05, 0.1) is 11.3 Å². The van der Waals surface area contributed by atoms with Crippen LogP contribution in [0.5, 0.6) is 0 Å². The molecule has 0 unspecified atom stereocenters. The normalized spacial score (nSPS) is 18.6. The summed E-state index contributed by atoms with van der Waals surface area (Å²) in [6, 6.07) is 3.75. The van der Waals surface area contributed by atoms with E-state index < -0.39 is 26.3 Å². The largest absolute Gasteiger partial charge is 0.398 e. The van der Waals surface area contributed by atoms with Crippen LogP contribution in [-0.4, -0.2) is 37.0 Å². The quantitative estimate of drug-likeness (QED) is 0.822. The van der Waals surface area contributed by atoms with Gasteiger partial charge in [0, 0.05) is 13.6 Å². The zero-order valence-electron chi connectivity index (χ0n) is 11.3. The number of likely N-dealkylation sites (N-methyl/N-ethyl adjacent to an activating group) is 1. The third-order valence-electron chi connectivity index (χ3n) is 3.72. The highest BCUT2D eigenvalue weighted by Gasteiger charge is 2.37. The molecule has 0 bridgehead atoms. The van der Waals surface area contributed by atoms with E-state index in [9.17, 15) is 17.9 Å². The molecule has 1 aromatic rings. The first kappa shape index (κ1) is 15.2. The van der Waals surface area contributed by atoms with Crippen LogP contribution >= 0.6 is 0 Å². The minimum absolute atomic E-state index is 0.0525. The van der Waals surface area contributed by atoms with Gasteiger partial charge in [-0.05, 0) is 25.0 Å². The van der Waals surface area contributed by atoms with Gasteiger partial charge in [0.25, 0.3) is 0 Å². The Bertz CT molecular complexity index is 577. The van der Waals surface area contributed by atoms with Gasteiger partial charge in [0.15, 0.2) is 0 Å². The number of benzene rings is 1. The number of nitrogens with zero attached hydrogens (tertiary/aromatic N) is 1. The topological polar surface area (TPSA) is 83.6 Å². The van der Waals surface area contributed by atoms with Gasteiger partial charge >= 0.3 is 0 Å². The molecule has 0 spiro atoms. The molecule has 0 atom stereocenters. The first-order valence-electron chi connectivity index (χ1n) is 6.49. The lowest BCUT2D eigenvalue weighted by Gasteiger charge is -2.28. The second-order valence-corrected chi connectivity index (χ2v) is 7.33. The number of nitrogen functional groups attached to an aromatic ring is 1. The van der Waals surface area contributed by atoms with Gasteiger partial charge in [-0.25, -0.2) is 12.8 Å². The Morgan fingerprint density at radius 1 is 1.40 bits per heavy atom. The van der Waals surface area contributed by atoms with Crippen LogP contribution in [0.25, 0.3) is 0 Å². The molecule has 0 radical (unpaired) electrons. The molecular weight excluding hydrogens is 283 g/mol. The highest BCUT2D eigenvalue weighted by molar-refractivity contribution is 7.89. The highest BCUT2D eigenvalue weighted by atomic mass is 32.2. The summed E-state index contributed by atoms with van der Waals surface area (Å²) in [6.07, 6.45) is 2.84. The summed E-state index contributed by atoms with van der Waals surface area (Å²) in [5, 5.41) is 10.3. The van der Waals surface area contributed by atoms with Gasteiger partial charge in [-0.1, -0.05) is 18.9 Å². The van der Waals surface area contributed by atoms with E-state index in [-0.39, 0.29) is 12.2 Å². The van der Waals surface area contributed by atoms with Gasteiger partial charge in [0.1, 0.15) is 10.7 Å². The molecule has 0 aliphatic heterocycles. The summed E-state index contributed by atoms with van der Waals surface area (Å²) in [4.78, 5) is -0.524. The van der Waals surface area contributed by atoms with Crippen LogP contribution in [-0.2, 0) is 10.0 Å². The van der Waals surface area contributed by atoms with E-state index in [0.29, 0.717) is 12.8 Å². The number of sulfonamides is 1. The zero-order chi connectivity index (χ0) is 15.0. The Balaban J connectivity index is 2.30. The maximum Gasteiger partial charge on any atom is 0.247 e. The van der Waals surface area contributed by atoms with Crippen molar-refractivity contribution >= 4 is 15.7 Å². The second kappa shape index (κ2) is 5.31. The van der Waals surface area contributed by atoms with Crippen LogP contribution in [0.2, 0.25) is 0 Å². The van der Waals surface area contributed by atoms with Crippen LogP contribution in [0.1, 0.15) is 25.7 Å². The van der Waals surface area contributed by atoms with E-state index >= 15 is 0 Å². The van der Waals surface area contributed by atoms with Gasteiger partial charge in [-0.3, -0.25) is 0 Å². The SMILES string of the molecule is CN(CC1(O)CCCC1)S(=O)(=O)c1c(N)cccc1F. The van der Waals surface area contributed by atoms with Crippen LogP contribution in [0.3, 0.4) is 0 Å². The monoisotopic (exact) mass is 302 g/mol. The molecular formula is C13H19FN2O3S. The van der Waals surface area contributed by atoms with Crippen LogP contribution in [0, 0.1) is 5.82 Å². The van der Waals surface area contributed by atoms with E-state index in [0.717, 1.165) is 23.2 Å². The molecule has 7 heteroatoms. The number of halogens is 1. The van der Waals surface area contributed by atoms with Crippen molar-refractivity contribution < 1.29 is 17.9 Å². The molecule has 1 aromatic carbocycles. The molecule has 0 saturated heterocycles. The maximum absolute atomic E-state index is 13.8. The van der Waals surface area contributed by atoms with E-state index in [1.807, 2.05) is 0 Å². The fourth-order valence-corrected chi connectivity index (χ4v) is 4.05. The fourth-order valence-electron chi connectivity index (χ4n) is 2.64.